The Morgan fingerprint density at radius 3 is 2.52 bits per heavy atom. The van der Waals surface area contributed by atoms with Crippen molar-refractivity contribution < 1.29 is 14.3 Å². The summed E-state index contributed by atoms with van der Waals surface area (Å²) in [5.74, 6) is 1.15. The van der Waals surface area contributed by atoms with Crippen LogP contribution in [0.2, 0.25) is 0 Å². The lowest BCUT2D eigenvalue weighted by Crippen LogP contribution is -2.43. The normalized spacial score (nSPS) is 11.4. The van der Waals surface area contributed by atoms with Gasteiger partial charge in [0, 0.05) is 46.1 Å². The average molecular weight is 521 g/mol. The molecule has 8 nitrogen and oxygen atoms in total. The summed E-state index contributed by atoms with van der Waals surface area (Å²) in [6.45, 7) is 10.6. The smallest absolute Gasteiger partial charge is 0.241 e. The molecule has 0 atom stereocenters. The minimum absolute atomic E-state index is 0. The van der Waals surface area contributed by atoms with Crippen molar-refractivity contribution in [1.29, 1.82) is 0 Å². The Morgan fingerprint density at radius 2 is 1.97 bits per heavy atom. The third-order valence-corrected chi connectivity index (χ3v) is 3.50. The molecule has 0 spiro atoms. The molecule has 166 valence electrons. The highest BCUT2D eigenvalue weighted by molar-refractivity contribution is 14.0. The number of nitrogens with zero attached hydrogens (tertiary/aromatic N) is 3. The van der Waals surface area contributed by atoms with Gasteiger partial charge in [0.15, 0.2) is 5.96 Å². The predicted molar refractivity (Wildman–Crippen MR) is 127 cm³/mol. The summed E-state index contributed by atoms with van der Waals surface area (Å²) >= 11 is 0. The molecule has 1 heterocycles. The van der Waals surface area contributed by atoms with Crippen LogP contribution in [0.4, 0.5) is 0 Å². The van der Waals surface area contributed by atoms with E-state index in [0.717, 1.165) is 12.0 Å². The van der Waals surface area contributed by atoms with Crippen LogP contribution in [-0.4, -0.2) is 67.8 Å². The largest absolute Gasteiger partial charge is 0.472 e. The second kappa shape index (κ2) is 14.4. The lowest BCUT2D eigenvalue weighted by molar-refractivity contribution is -0.127. The van der Waals surface area contributed by atoms with Crippen LogP contribution in [0, 0.1) is 0 Å². The van der Waals surface area contributed by atoms with Gasteiger partial charge in [-0.05, 0) is 39.7 Å². The fourth-order valence-corrected chi connectivity index (χ4v) is 2.07. The van der Waals surface area contributed by atoms with Gasteiger partial charge in [0.1, 0.15) is 5.60 Å². The summed E-state index contributed by atoms with van der Waals surface area (Å²) in [5.41, 5.74) is 0.671. The number of aromatic nitrogens is 1. The van der Waals surface area contributed by atoms with Gasteiger partial charge in [0.25, 0.3) is 0 Å². The lowest BCUT2D eigenvalue weighted by Gasteiger charge is -2.20. The maximum absolute atomic E-state index is 11.8. The summed E-state index contributed by atoms with van der Waals surface area (Å²) < 4.78 is 11.1. The number of carbonyl (C=O) groups is 1. The van der Waals surface area contributed by atoms with Crippen molar-refractivity contribution in [3.63, 3.8) is 0 Å². The Labute approximate surface area is 191 Å². The summed E-state index contributed by atoms with van der Waals surface area (Å²) in [5, 5.41) is 6.29. The van der Waals surface area contributed by atoms with E-state index >= 15 is 0 Å². The molecular formula is C20H36IN5O3. The Hall–Kier alpha value is -1.62. The Kier molecular flexibility index (Phi) is 13.6. The molecular weight excluding hydrogens is 485 g/mol. The Bertz CT molecular complexity index is 616. The molecule has 0 bridgehead atoms. The van der Waals surface area contributed by atoms with Gasteiger partial charge in [-0.2, -0.15) is 0 Å². The third kappa shape index (κ3) is 13.3. The molecule has 0 aliphatic rings. The van der Waals surface area contributed by atoms with Gasteiger partial charge in [-0.15, -0.1) is 24.0 Å². The first kappa shape index (κ1) is 27.4. The summed E-state index contributed by atoms with van der Waals surface area (Å²) in [6, 6.07) is 3.78. The maximum atomic E-state index is 11.8. The molecule has 0 aliphatic carbocycles. The van der Waals surface area contributed by atoms with E-state index in [1.807, 2.05) is 39.8 Å². The number of hydrogen-bond donors (Lipinski definition) is 2. The summed E-state index contributed by atoms with van der Waals surface area (Å²) in [6.07, 6.45) is 2.61. The number of rotatable bonds is 10. The number of aliphatic imine (C=N–C) groups is 1. The molecule has 1 rings (SSSR count). The van der Waals surface area contributed by atoms with Gasteiger partial charge < -0.3 is 25.0 Å². The topological polar surface area (TPSA) is 88.1 Å². The van der Waals surface area contributed by atoms with Crippen LogP contribution in [0.15, 0.2) is 23.3 Å². The molecule has 1 amide bonds. The van der Waals surface area contributed by atoms with Gasteiger partial charge in [-0.1, -0.05) is 6.07 Å². The van der Waals surface area contributed by atoms with Crippen LogP contribution < -0.4 is 15.4 Å². The average Bonchev–Trinajstić information content (AvgIpc) is 2.62. The second-order valence-corrected chi connectivity index (χ2v) is 7.50. The van der Waals surface area contributed by atoms with E-state index in [1.54, 1.807) is 20.3 Å². The fraction of sp³-hybridized carbons (Fsp3) is 0.650. The number of pyridine rings is 1. The molecule has 2 N–H and O–H groups in total. The minimum atomic E-state index is -0.284. The highest BCUT2D eigenvalue weighted by Gasteiger charge is 2.12. The molecule has 0 saturated carbocycles. The van der Waals surface area contributed by atoms with Crippen LogP contribution in [0.5, 0.6) is 5.88 Å². The number of nitrogens with one attached hydrogen (secondary N) is 2. The van der Waals surface area contributed by atoms with E-state index in [9.17, 15) is 4.79 Å². The lowest BCUT2D eigenvalue weighted by atomic mass is 10.2. The number of carbonyl (C=O) groups excluding carboxylic acids is 1. The van der Waals surface area contributed by atoms with Crippen LogP contribution >= 0.6 is 24.0 Å². The third-order valence-electron chi connectivity index (χ3n) is 3.50. The number of guanidine groups is 1. The zero-order valence-corrected chi connectivity index (χ0v) is 20.8. The second-order valence-electron chi connectivity index (χ2n) is 7.50. The van der Waals surface area contributed by atoms with E-state index in [-0.39, 0.29) is 42.0 Å². The van der Waals surface area contributed by atoms with Crippen LogP contribution in [-0.2, 0) is 16.1 Å². The Balaban J connectivity index is 0.00000784. The first-order chi connectivity index (χ1) is 13.2. The summed E-state index contributed by atoms with van der Waals surface area (Å²) in [4.78, 5) is 22.2. The zero-order chi connectivity index (χ0) is 21.0. The number of likely N-dealkylation sites (N-methyl/N-ethyl adjacent to an activating group) is 1. The molecule has 9 heteroatoms. The predicted octanol–water partition coefficient (Wildman–Crippen LogP) is 2.43. The van der Waals surface area contributed by atoms with Gasteiger partial charge >= 0.3 is 0 Å². The number of ether oxygens (including phenoxy) is 2. The zero-order valence-electron chi connectivity index (χ0n) is 18.4. The monoisotopic (exact) mass is 521 g/mol. The highest BCUT2D eigenvalue weighted by atomic mass is 127. The van der Waals surface area contributed by atoms with Crippen molar-refractivity contribution in [1.82, 2.24) is 20.5 Å². The van der Waals surface area contributed by atoms with E-state index in [0.29, 0.717) is 38.1 Å². The van der Waals surface area contributed by atoms with E-state index in [1.165, 1.54) is 4.90 Å². The number of hydrogen-bond acceptors (Lipinski definition) is 5. The minimum Gasteiger partial charge on any atom is -0.472 e. The standard InChI is InChI=1S/C20H35N5O3.HI/c1-7-27-12-8-11-21-19(24-15-18(26)25(5)6)23-14-16-9-10-17(22-13-16)28-20(2,3)4;/h9-10,13H,7-8,11-12,14-15H2,1-6H3,(H2,21,23,24);1H. The fourth-order valence-electron chi connectivity index (χ4n) is 2.07. The van der Waals surface area contributed by atoms with Crippen molar-refractivity contribution >= 4 is 35.8 Å². The van der Waals surface area contributed by atoms with Gasteiger partial charge in [-0.25, -0.2) is 9.98 Å². The molecule has 29 heavy (non-hydrogen) atoms. The highest BCUT2D eigenvalue weighted by Crippen LogP contribution is 2.15. The molecule has 0 radical (unpaired) electrons. The molecule has 0 aromatic carbocycles. The molecule has 0 aliphatic heterocycles. The molecule has 1 aromatic rings. The maximum Gasteiger partial charge on any atom is 0.241 e. The first-order valence-electron chi connectivity index (χ1n) is 9.65. The van der Waals surface area contributed by atoms with Crippen LogP contribution in [0.3, 0.4) is 0 Å². The van der Waals surface area contributed by atoms with Crippen LogP contribution in [0.25, 0.3) is 0 Å². The molecule has 0 fully saturated rings. The van der Waals surface area contributed by atoms with Crippen molar-refractivity contribution in [3.8, 4) is 5.88 Å². The summed E-state index contributed by atoms with van der Waals surface area (Å²) in [7, 11) is 3.45. The Morgan fingerprint density at radius 1 is 1.24 bits per heavy atom. The van der Waals surface area contributed by atoms with E-state index in [2.05, 4.69) is 20.6 Å². The van der Waals surface area contributed by atoms with Crippen molar-refractivity contribution in [2.75, 3.05) is 40.4 Å². The van der Waals surface area contributed by atoms with Crippen LogP contribution in [0.1, 0.15) is 39.7 Å². The number of halogens is 1. The number of amides is 1. The first-order valence-corrected chi connectivity index (χ1v) is 9.65. The van der Waals surface area contributed by atoms with Gasteiger partial charge in [0.05, 0.1) is 13.1 Å². The van der Waals surface area contributed by atoms with Crippen molar-refractivity contribution in [2.24, 2.45) is 4.99 Å². The van der Waals surface area contributed by atoms with E-state index < -0.39 is 0 Å². The SMILES string of the molecule is CCOCCCNC(=NCc1ccc(OC(C)(C)C)nc1)NCC(=O)N(C)C.I. The van der Waals surface area contributed by atoms with Gasteiger partial charge in [0.2, 0.25) is 11.8 Å². The quantitative estimate of drug-likeness (QED) is 0.213. The van der Waals surface area contributed by atoms with Crippen molar-refractivity contribution in [3.05, 3.63) is 23.9 Å². The molecule has 1 aromatic heterocycles. The molecule has 0 saturated heterocycles. The van der Waals surface area contributed by atoms with Gasteiger partial charge in [-0.3, -0.25) is 4.79 Å². The molecule has 0 unspecified atom stereocenters. The van der Waals surface area contributed by atoms with E-state index in [4.69, 9.17) is 9.47 Å². The van der Waals surface area contributed by atoms with Crippen molar-refractivity contribution in [2.45, 2.75) is 46.3 Å².